The molecular weight excluding hydrogens is 400 g/mol. The van der Waals surface area contributed by atoms with Crippen LogP contribution in [-0.4, -0.2) is 60.7 Å². The van der Waals surface area contributed by atoms with Crippen LogP contribution in [0.25, 0.3) is 0 Å². The van der Waals surface area contributed by atoms with Crippen molar-refractivity contribution in [3.05, 3.63) is 65.7 Å². The number of methoxy groups -OCH3 is 1. The lowest BCUT2D eigenvalue weighted by Crippen LogP contribution is -2.47. The second-order valence-corrected chi connectivity index (χ2v) is 7.54. The van der Waals surface area contributed by atoms with Gasteiger partial charge in [-0.15, -0.1) is 0 Å². The average molecular weight is 424 g/mol. The third kappa shape index (κ3) is 4.63. The highest BCUT2D eigenvalue weighted by Gasteiger charge is 2.38. The van der Waals surface area contributed by atoms with Crippen LogP contribution in [0.3, 0.4) is 0 Å². The number of rotatable bonds is 4. The molecule has 0 spiro atoms. The second kappa shape index (κ2) is 9.07. The average Bonchev–Trinajstić information content (AvgIpc) is 3.21. The Kier molecular flexibility index (Phi) is 6.06. The zero-order valence-electron chi connectivity index (χ0n) is 17.2. The Labute approximate surface area is 180 Å². The summed E-state index contributed by atoms with van der Waals surface area (Å²) in [6, 6.07) is 15.9. The highest BCUT2D eigenvalue weighted by Crippen LogP contribution is 2.30. The van der Waals surface area contributed by atoms with Crippen LogP contribution in [0.5, 0.6) is 5.75 Å². The van der Waals surface area contributed by atoms with Gasteiger partial charge < -0.3 is 24.0 Å². The van der Waals surface area contributed by atoms with Crippen LogP contribution in [0.15, 0.2) is 54.6 Å². The summed E-state index contributed by atoms with van der Waals surface area (Å²) < 4.78 is 15.6. The van der Waals surface area contributed by atoms with E-state index in [1.54, 1.807) is 34.1 Å². The van der Waals surface area contributed by atoms with Crippen molar-refractivity contribution >= 4 is 18.2 Å². The first-order chi connectivity index (χ1) is 15.0. The minimum atomic E-state index is -0.449. The number of hydrogen-bond acceptors (Lipinski definition) is 6. The molecule has 1 atom stereocenters. The fourth-order valence-corrected chi connectivity index (χ4v) is 3.92. The molecule has 2 aromatic rings. The summed E-state index contributed by atoms with van der Waals surface area (Å²) in [7, 11) is 1.31. The lowest BCUT2D eigenvalue weighted by atomic mass is 10.0. The van der Waals surface area contributed by atoms with Crippen LogP contribution < -0.4 is 4.74 Å². The van der Waals surface area contributed by atoms with E-state index in [4.69, 9.17) is 9.47 Å². The molecule has 8 heteroatoms. The van der Waals surface area contributed by atoms with Crippen molar-refractivity contribution in [2.45, 2.75) is 25.0 Å². The van der Waals surface area contributed by atoms with Crippen molar-refractivity contribution in [3.8, 4) is 5.75 Å². The molecule has 2 aliphatic heterocycles. The van der Waals surface area contributed by atoms with Gasteiger partial charge in [-0.2, -0.15) is 0 Å². The van der Waals surface area contributed by atoms with Gasteiger partial charge in [0.05, 0.1) is 19.2 Å². The molecule has 0 radical (unpaired) electrons. The lowest BCUT2D eigenvalue weighted by Gasteiger charge is -2.34. The summed E-state index contributed by atoms with van der Waals surface area (Å²) in [6.07, 6.45) is 0.306. The molecular formula is C23H24N2O6. The number of piperidine rings is 1. The quantitative estimate of drug-likeness (QED) is 0.697. The van der Waals surface area contributed by atoms with Crippen molar-refractivity contribution in [1.82, 2.24) is 9.80 Å². The topological polar surface area (TPSA) is 85.4 Å². The summed E-state index contributed by atoms with van der Waals surface area (Å²) in [5.74, 6) is -0.0940. The summed E-state index contributed by atoms with van der Waals surface area (Å²) in [6.45, 7) is 1.50. The van der Waals surface area contributed by atoms with Crippen LogP contribution in [-0.2, 0) is 9.47 Å². The van der Waals surface area contributed by atoms with Gasteiger partial charge in [0.2, 0.25) is 0 Å². The number of hydrogen-bond donors (Lipinski definition) is 0. The van der Waals surface area contributed by atoms with E-state index in [0.29, 0.717) is 43.8 Å². The molecule has 162 valence electrons. The number of ether oxygens (including phenoxy) is 3. The zero-order valence-corrected chi connectivity index (χ0v) is 17.2. The maximum Gasteiger partial charge on any atom is 0.415 e. The number of carbonyl (C=O) groups is 3. The van der Waals surface area contributed by atoms with E-state index in [9.17, 15) is 14.4 Å². The molecule has 0 aliphatic carbocycles. The Morgan fingerprint density at radius 2 is 1.68 bits per heavy atom. The van der Waals surface area contributed by atoms with Gasteiger partial charge >= 0.3 is 18.2 Å². The van der Waals surface area contributed by atoms with Crippen molar-refractivity contribution in [3.63, 3.8) is 0 Å². The molecule has 4 rings (SSSR count). The van der Waals surface area contributed by atoms with Crippen molar-refractivity contribution in [2.75, 3.05) is 26.7 Å². The molecule has 1 unspecified atom stereocenters. The summed E-state index contributed by atoms with van der Waals surface area (Å²) in [4.78, 5) is 39.7. The van der Waals surface area contributed by atoms with Gasteiger partial charge in [0.25, 0.3) is 0 Å². The summed E-state index contributed by atoms with van der Waals surface area (Å²) >= 11 is 0. The third-order valence-corrected chi connectivity index (χ3v) is 5.66. The molecule has 0 bridgehead atoms. The normalized spacial score (nSPS) is 19.1. The standard InChI is InChI=1S/C23H24N2O6/c1-29-21(26)17-7-9-19(10-8-17)30-22(27)24-13-11-18(12-14-24)25-15-20(31-23(25)28)16-5-3-2-4-6-16/h2-10,18,20H,11-15H2,1H3. The Balaban J connectivity index is 1.29. The number of benzene rings is 2. The molecule has 2 fully saturated rings. The maximum atomic E-state index is 12.5. The summed E-state index contributed by atoms with van der Waals surface area (Å²) in [5, 5.41) is 0. The van der Waals surface area contributed by atoms with E-state index < -0.39 is 12.1 Å². The highest BCUT2D eigenvalue weighted by molar-refractivity contribution is 5.89. The van der Waals surface area contributed by atoms with E-state index in [-0.39, 0.29) is 18.2 Å². The van der Waals surface area contributed by atoms with Crippen molar-refractivity contribution in [1.29, 1.82) is 0 Å². The predicted molar refractivity (Wildman–Crippen MR) is 111 cm³/mol. The minimum Gasteiger partial charge on any atom is -0.465 e. The summed E-state index contributed by atoms with van der Waals surface area (Å²) in [5.41, 5.74) is 1.37. The SMILES string of the molecule is COC(=O)c1ccc(OC(=O)N2CCC(N3CC(c4ccccc4)OC3=O)CC2)cc1. The smallest absolute Gasteiger partial charge is 0.415 e. The monoisotopic (exact) mass is 424 g/mol. The molecule has 31 heavy (non-hydrogen) atoms. The van der Waals surface area contributed by atoms with E-state index in [1.807, 2.05) is 30.3 Å². The zero-order chi connectivity index (χ0) is 21.8. The lowest BCUT2D eigenvalue weighted by molar-refractivity contribution is 0.0600. The first-order valence-electron chi connectivity index (χ1n) is 10.2. The Morgan fingerprint density at radius 3 is 2.32 bits per heavy atom. The maximum absolute atomic E-state index is 12.5. The Bertz CT molecular complexity index is 938. The Hall–Kier alpha value is -3.55. The van der Waals surface area contributed by atoms with Crippen LogP contribution in [0.4, 0.5) is 9.59 Å². The fourth-order valence-electron chi connectivity index (χ4n) is 3.92. The molecule has 2 amide bonds. The first kappa shape index (κ1) is 20.7. The predicted octanol–water partition coefficient (Wildman–Crippen LogP) is 3.63. The molecule has 0 aromatic heterocycles. The van der Waals surface area contributed by atoms with E-state index in [2.05, 4.69) is 4.74 Å². The number of nitrogens with zero attached hydrogens (tertiary/aromatic N) is 2. The van der Waals surface area contributed by atoms with Crippen LogP contribution in [0.1, 0.15) is 34.9 Å². The highest BCUT2D eigenvalue weighted by atomic mass is 16.6. The van der Waals surface area contributed by atoms with Crippen LogP contribution in [0, 0.1) is 0 Å². The number of esters is 1. The van der Waals surface area contributed by atoms with Gasteiger partial charge in [-0.1, -0.05) is 30.3 Å². The second-order valence-electron chi connectivity index (χ2n) is 7.54. The van der Waals surface area contributed by atoms with Crippen molar-refractivity contribution in [2.24, 2.45) is 0 Å². The van der Waals surface area contributed by atoms with Crippen LogP contribution >= 0.6 is 0 Å². The Morgan fingerprint density at radius 1 is 1.00 bits per heavy atom. The van der Waals surface area contributed by atoms with E-state index >= 15 is 0 Å². The first-order valence-corrected chi connectivity index (χ1v) is 10.2. The van der Waals surface area contributed by atoms with E-state index in [1.165, 1.54) is 7.11 Å². The van der Waals surface area contributed by atoms with Gasteiger partial charge in [0.1, 0.15) is 11.9 Å². The molecule has 0 saturated carbocycles. The van der Waals surface area contributed by atoms with Crippen molar-refractivity contribution < 1.29 is 28.6 Å². The van der Waals surface area contributed by atoms with Gasteiger partial charge in [-0.25, -0.2) is 14.4 Å². The molecule has 0 N–H and O–H groups in total. The largest absolute Gasteiger partial charge is 0.465 e. The minimum absolute atomic E-state index is 0.0320. The molecule has 2 aromatic carbocycles. The van der Waals surface area contributed by atoms with Gasteiger partial charge in [0, 0.05) is 19.1 Å². The number of cyclic esters (lactones) is 1. The molecule has 2 aliphatic rings. The van der Waals surface area contributed by atoms with Gasteiger partial charge in [0.15, 0.2) is 0 Å². The molecule has 2 heterocycles. The number of amides is 2. The van der Waals surface area contributed by atoms with E-state index in [0.717, 1.165) is 5.56 Å². The molecule has 2 saturated heterocycles. The molecule has 8 nitrogen and oxygen atoms in total. The van der Waals surface area contributed by atoms with Crippen LogP contribution in [0.2, 0.25) is 0 Å². The fraction of sp³-hybridized carbons (Fsp3) is 0.348. The number of likely N-dealkylation sites (tertiary alicyclic amines) is 1. The van der Waals surface area contributed by atoms with Gasteiger partial charge in [-0.3, -0.25) is 0 Å². The number of carbonyl (C=O) groups excluding carboxylic acids is 3. The van der Waals surface area contributed by atoms with Gasteiger partial charge in [-0.05, 0) is 42.7 Å². The third-order valence-electron chi connectivity index (χ3n) is 5.66.